The minimum absolute atomic E-state index is 0.0739. The number of rotatable bonds is 8. The number of para-hydroxylation sites is 2. The monoisotopic (exact) mass is 509 g/mol. The number of halogens is 2. The second kappa shape index (κ2) is 10.9. The van der Waals surface area contributed by atoms with Crippen molar-refractivity contribution in [1.29, 1.82) is 0 Å². The topological polar surface area (TPSA) is 107 Å². The maximum atomic E-state index is 12.7. The molecular formula is C25H17Cl2N3O5. The molecule has 8 nitrogen and oxygen atoms in total. The maximum absolute atomic E-state index is 12.7. The fourth-order valence-electron chi connectivity index (χ4n) is 3.20. The van der Waals surface area contributed by atoms with E-state index in [0.717, 1.165) is 5.56 Å². The molecular weight excluding hydrogens is 493 g/mol. The molecule has 1 heterocycles. The lowest BCUT2D eigenvalue weighted by Gasteiger charge is -2.11. The quantitative estimate of drug-likeness (QED) is 0.165. The van der Waals surface area contributed by atoms with Gasteiger partial charge in [0.1, 0.15) is 23.9 Å². The van der Waals surface area contributed by atoms with E-state index in [2.05, 4.69) is 10.5 Å². The summed E-state index contributed by atoms with van der Waals surface area (Å²) in [5.41, 5.74) is 3.68. The molecule has 176 valence electrons. The van der Waals surface area contributed by atoms with E-state index >= 15 is 0 Å². The number of hydrogen-bond donors (Lipinski definition) is 1. The second-order valence-electron chi connectivity index (χ2n) is 7.20. The highest BCUT2D eigenvalue weighted by Gasteiger charge is 2.17. The molecule has 1 amide bonds. The maximum Gasteiger partial charge on any atom is 0.280 e. The minimum atomic E-state index is -0.496. The zero-order chi connectivity index (χ0) is 24.8. The van der Waals surface area contributed by atoms with Gasteiger partial charge in [0, 0.05) is 21.7 Å². The number of amides is 1. The normalized spacial score (nSPS) is 10.9. The number of nitrogens with zero attached hydrogens (tertiary/aromatic N) is 2. The molecule has 1 N–H and O–H groups in total. The van der Waals surface area contributed by atoms with Gasteiger partial charge in [-0.05, 0) is 42.5 Å². The standard InChI is InChI=1S/C25H17Cl2N3O5/c26-17-10-9-16(21(27)13-17)15-34-23-8-4-2-6-20(23)25(31)29-28-14-18-11-12-24(35-18)19-5-1-3-7-22(19)30(32)33/h1-14H,15H2,(H,29,31)/b28-14+. The molecule has 0 aliphatic heterocycles. The van der Waals surface area contributed by atoms with Gasteiger partial charge < -0.3 is 9.15 Å². The summed E-state index contributed by atoms with van der Waals surface area (Å²) < 4.78 is 11.4. The zero-order valence-electron chi connectivity index (χ0n) is 18.0. The molecule has 0 saturated heterocycles. The molecule has 0 aliphatic carbocycles. The van der Waals surface area contributed by atoms with Gasteiger partial charge in [0.25, 0.3) is 11.6 Å². The predicted octanol–water partition coefficient (Wildman–Crippen LogP) is 6.50. The largest absolute Gasteiger partial charge is 0.488 e. The van der Waals surface area contributed by atoms with Crippen molar-refractivity contribution in [2.24, 2.45) is 5.10 Å². The molecule has 3 aromatic carbocycles. The van der Waals surface area contributed by atoms with Gasteiger partial charge in [-0.25, -0.2) is 5.43 Å². The minimum Gasteiger partial charge on any atom is -0.488 e. The summed E-state index contributed by atoms with van der Waals surface area (Å²) in [6.45, 7) is 0.143. The van der Waals surface area contributed by atoms with Gasteiger partial charge in [-0.1, -0.05) is 53.5 Å². The van der Waals surface area contributed by atoms with E-state index in [0.29, 0.717) is 32.9 Å². The lowest BCUT2D eigenvalue weighted by molar-refractivity contribution is -0.384. The smallest absolute Gasteiger partial charge is 0.280 e. The first-order valence-electron chi connectivity index (χ1n) is 10.2. The molecule has 0 radical (unpaired) electrons. The van der Waals surface area contributed by atoms with Crippen LogP contribution in [-0.4, -0.2) is 17.0 Å². The van der Waals surface area contributed by atoms with Crippen molar-refractivity contribution in [2.45, 2.75) is 6.61 Å². The number of benzene rings is 3. The first-order valence-corrected chi connectivity index (χ1v) is 11.0. The second-order valence-corrected chi connectivity index (χ2v) is 8.04. The lowest BCUT2D eigenvalue weighted by Crippen LogP contribution is -2.18. The molecule has 10 heteroatoms. The van der Waals surface area contributed by atoms with Crippen LogP contribution in [0.5, 0.6) is 5.75 Å². The van der Waals surface area contributed by atoms with Crippen LogP contribution in [0.4, 0.5) is 5.69 Å². The van der Waals surface area contributed by atoms with Crippen LogP contribution in [0.15, 0.2) is 88.4 Å². The van der Waals surface area contributed by atoms with Crippen molar-refractivity contribution >= 4 is 41.0 Å². The van der Waals surface area contributed by atoms with Gasteiger partial charge in [-0.3, -0.25) is 14.9 Å². The number of furan rings is 1. The summed E-state index contributed by atoms with van der Waals surface area (Å²) in [4.78, 5) is 23.4. The zero-order valence-corrected chi connectivity index (χ0v) is 19.5. The van der Waals surface area contributed by atoms with Crippen molar-refractivity contribution in [2.75, 3.05) is 0 Å². The third kappa shape index (κ3) is 5.87. The fourth-order valence-corrected chi connectivity index (χ4v) is 3.66. The Hall–Kier alpha value is -4.14. The van der Waals surface area contributed by atoms with Gasteiger partial charge >= 0.3 is 0 Å². The molecule has 0 unspecified atom stereocenters. The number of carbonyl (C=O) groups is 1. The fraction of sp³-hybridized carbons (Fsp3) is 0.0400. The Morgan fingerprint density at radius 3 is 2.63 bits per heavy atom. The highest BCUT2D eigenvalue weighted by molar-refractivity contribution is 6.35. The molecule has 35 heavy (non-hydrogen) atoms. The van der Waals surface area contributed by atoms with E-state index in [1.807, 2.05) is 0 Å². The summed E-state index contributed by atoms with van der Waals surface area (Å²) in [5, 5.41) is 16.1. The van der Waals surface area contributed by atoms with E-state index in [1.165, 1.54) is 12.3 Å². The Morgan fingerprint density at radius 2 is 1.83 bits per heavy atom. The van der Waals surface area contributed by atoms with Gasteiger partial charge in [0.2, 0.25) is 0 Å². The average molecular weight is 510 g/mol. The molecule has 1 aromatic heterocycles. The molecule has 0 fully saturated rings. The molecule has 4 aromatic rings. The number of nitro benzene ring substituents is 1. The molecule has 0 bridgehead atoms. The Morgan fingerprint density at radius 1 is 1.06 bits per heavy atom. The van der Waals surface area contributed by atoms with E-state index in [1.54, 1.807) is 72.8 Å². The number of ether oxygens (including phenoxy) is 1. The Labute approximate surface area is 209 Å². The first kappa shape index (κ1) is 24.0. The van der Waals surface area contributed by atoms with Crippen LogP contribution >= 0.6 is 23.2 Å². The van der Waals surface area contributed by atoms with Crippen molar-refractivity contribution in [3.8, 4) is 17.1 Å². The van der Waals surface area contributed by atoms with Crippen LogP contribution < -0.4 is 10.2 Å². The van der Waals surface area contributed by atoms with Crippen LogP contribution in [-0.2, 0) is 6.61 Å². The van der Waals surface area contributed by atoms with Crippen molar-refractivity contribution in [1.82, 2.24) is 5.43 Å². The van der Waals surface area contributed by atoms with Gasteiger partial charge in [-0.15, -0.1) is 0 Å². The van der Waals surface area contributed by atoms with Crippen LogP contribution in [0.2, 0.25) is 10.0 Å². The van der Waals surface area contributed by atoms with Crippen LogP contribution in [0.3, 0.4) is 0 Å². The average Bonchev–Trinajstić information content (AvgIpc) is 3.32. The Bertz CT molecular complexity index is 1420. The van der Waals surface area contributed by atoms with Crippen molar-refractivity contribution < 1.29 is 18.9 Å². The number of carbonyl (C=O) groups excluding carboxylic acids is 1. The Kier molecular flexibility index (Phi) is 7.45. The van der Waals surface area contributed by atoms with Gasteiger partial charge in [-0.2, -0.15) is 5.10 Å². The molecule has 0 aliphatic rings. The highest BCUT2D eigenvalue weighted by atomic mass is 35.5. The Balaban J connectivity index is 1.42. The third-order valence-corrected chi connectivity index (χ3v) is 5.47. The van der Waals surface area contributed by atoms with E-state index in [-0.39, 0.29) is 17.9 Å². The number of nitro groups is 1. The van der Waals surface area contributed by atoms with Gasteiger partial charge in [0.05, 0.1) is 22.3 Å². The van der Waals surface area contributed by atoms with E-state index in [9.17, 15) is 14.9 Å². The first-order chi connectivity index (χ1) is 16.9. The summed E-state index contributed by atoms with van der Waals surface area (Å²) in [7, 11) is 0. The van der Waals surface area contributed by atoms with Crippen LogP contribution in [0, 0.1) is 10.1 Å². The van der Waals surface area contributed by atoms with Crippen molar-refractivity contribution in [3.63, 3.8) is 0 Å². The van der Waals surface area contributed by atoms with Crippen LogP contribution in [0.1, 0.15) is 21.7 Å². The lowest BCUT2D eigenvalue weighted by atomic mass is 10.1. The molecule has 0 saturated carbocycles. The summed E-state index contributed by atoms with van der Waals surface area (Å²) >= 11 is 12.1. The predicted molar refractivity (Wildman–Crippen MR) is 133 cm³/mol. The summed E-state index contributed by atoms with van der Waals surface area (Å²) in [6.07, 6.45) is 1.30. The van der Waals surface area contributed by atoms with Gasteiger partial charge in [0.15, 0.2) is 0 Å². The van der Waals surface area contributed by atoms with E-state index in [4.69, 9.17) is 32.4 Å². The highest BCUT2D eigenvalue weighted by Crippen LogP contribution is 2.30. The third-order valence-electron chi connectivity index (χ3n) is 4.88. The number of nitrogens with one attached hydrogen (secondary N) is 1. The molecule has 0 spiro atoms. The SMILES string of the molecule is O=C(N/N=C/c1ccc(-c2ccccc2[N+](=O)[O-])o1)c1ccccc1OCc1ccc(Cl)cc1Cl. The van der Waals surface area contributed by atoms with Crippen molar-refractivity contribution in [3.05, 3.63) is 116 Å². The number of hydrogen-bond acceptors (Lipinski definition) is 6. The summed E-state index contributed by atoms with van der Waals surface area (Å²) in [5.74, 6) is 0.470. The van der Waals surface area contributed by atoms with Crippen LogP contribution in [0.25, 0.3) is 11.3 Å². The summed E-state index contributed by atoms with van der Waals surface area (Å²) in [6, 6.07) is 21.2. The van der Waals surface area contributed by atoms with E-state index < -0.39 is 10.8 Å². The molecule has 0 atom stereocenters. The molecule has 4 rings (SSSR count). The number of hydrazone groups is 1.